The highest BCUT2D eigenvalue weighted by Crippen LogP contribution is 2.22. The Labute approximate surface area is 138 Å². The molecule has 1 saturated heterocycles. The van der Waals surface area contributed by atoms with Crippen molar-refractivity contribution in [1.82, 2.24) is 14.5 Å². The second-order valence-corrected chi connectivity index (χ2v) is 7.41. The minimum atomic E-state index is -3.99. The summed E-state index contributed by atoms with van der Waals surface area (Å²) in [6.07, 6.45) is 0. The summed E-state index contributed by atoms with van der Waals surface area (Å²) in [6.45, 7) is 3.04. The molecule has 0 N–H and O–H groups in total. The summed E-state index contributed by atoms with van der Waals surface area (Å²) in [5.74, 6) is -1.22. The van der Waals surface area contributed by atoms with Crippen LogP contribution in [0.4, 0.5) is 14.6 Å². The summed E-state index contributed by atoms with van der Waals surface area (Å²) in [5, 5.41) is 8.06. The lowest BCUT2D eigenvalue weighted by atomic mass is 10.3. The predicted octanol–water partition coefficient (Wildman–Crippen LogP) is 1.57. The van der Waals surface area contributed by atoms with Gasteiger partial charge in [0.15, 0.2) is 5.82 Å². The van der Waals surface area contributed by atoms with Crippen LogP contribution >= 0.6 is 0 Å². The van der Waals surface area contributed by atoms with Gasteiger partial charge in [-0.1, -0.05) is 0 Å². The number of halogens is 2. The Balaban J connectivity index is 1.75. The quantitative estimate of drug-likeness (QED) is 0.837. The first kappa shape index (κ1) is 16.7. The van der Waals surface area contributed by atoms with Gasteiger partial charge in [0, 0.05) is 32.2 Å². The van der Waals surface area contributed by atoms with E-state index in [9.17, 15) is 17.2 Å². The Morgan fingerprint density at radius 2 is 1.71 bits per heavy atom. The van der Waals surface area contributed by atoms with E-state index >= 15 is 0 Å². The van der Waals surface area contributed by atoms with Gasteiger partial charge in [-0.3, -0.25) is 0 Å². The number of piperazine rings is 1. The summed E-state index contributed by atoms with van der Waals surface area (Å²) in [6, 6.07) is 6.13. The van der Waals surface area contributed by atoms with Crippen LogP contribution in [0.2, 0.25) is 0 Å². The Hall–Kier alpha value is -2.13. The number of hydrogen-bond acceptors (Lipinski definition) is 5. The molecule has 0 spiro atoms. The van der Waals surface area contributed by atoms with Gasteiger partial charge in [-0.15, -0.1) is 5.10 Å². The first-order chi connectivity index (χ1) is 11.4. The molecule has 1 aromatic heterocycles. The van der Waals surface area contributed by atoms with Gasteiger partial charge in [0.1, 0.15) is 16.5 Å². The van der Waals surface area contributed by atoms with E-state index in [1.807, 2.05) is 24.0 Å². The maximum absolute atomic E-state index is 13.8. The van der Waals surface area contributed by atoms with Crippen LogP contribution in [0.3, 0.4) is 0 Å². The van der Waals surface area contributed by atoms with Crippen molar-refractivity contribution >= 4 is 15.8 Å². The number of sulfonamides is 1. The Bertz CT molecular complexity index is 835. The number of nitrogens with zero attached hydrogens (tertiary/aromatic N) is 4. The van der Waals surface area contributed by atoms with Crippen molar-refractivity contribution in [2.24, 2.45) is 0 Å². The van der Waals surface area contributed by atoms with Crippen molar-refractivity contribution < 1.29 is 17.2 Å². The van der Waals surface area contributed by atoms with E-state index in [4.69, 9.17) is 0 Å². The van der Waals surface area contributed by atoms with E-state index in [0.29, 0.717) is 25.0 Å². The highest BCUT2D eigenvalue weighted by atomic mass is 32.2. The zero-order valence-corrected chi connectivity index (χ0v) is 13.8. The van der Waals surface area contributed by atoms with Crippen molar-refractivity contribution in [3.63, 3.8) is 0 Å². The molecule has 128 valence electrons. The van der Waals surface area contributed by atoms with Crippen LogP contribution in [0.25, 0.3) is 0 Å². The Kier molecular flexibility index (Phi) is 4.46. The summed E-state index contributed by atoms with van der Waals surface area (Å²) in [5.41, 5.74) is 0.798. The number of rotatable bonds is 3. The molecule has 1 aromatic carbocycles. The second-order valence-electron chi connectivity index (χ2n) is 5.50. The van der Waals surface area contributed by atoms with Crippen LogP contribution in [0.15, 0.2) is 35.2 Å². The van der Waals surface area contributed by atoms with E-state index in [1.54, 1.807) is 0 Å². The summed E-state index contributed by atoms with van der Waals surface area (Å²) in [4.78, 5) is 1.41. The van der Waals surface area contributed by atoms with Crippen LogP contribution in [0, 0.1) is 18.6 Å². The third kappa shape index (κ3) is 3.22. The van der Waals surface area contributed by atoms with Crippen LogP contribution in [0.1, 0.15) is 5.69 Å². The largest absolute Gasteiger partial charge is 0.352 e. The zero-order valence-electron chi connectivity index (χ0n) is 13.0. The fraction of sp³-hybridized carbons (Fsp3) is 0.333. The molecule has 9 heteroatoms. The molecule has 6 nitrogen and oxygen atoms in total. The lowest BCUT2D eigenvalue weighted by Crippen LogP contribution is -2.49. The normalized spacial score (nSPS) is 16.4. The molecule has 1 aliphatic rings. The van der Waals surface area contributed by atoms with Gasteiger partial charge in [0.2, 0.25) is 10.0 Å². The van der Waals surface area contributed by atoms with Crippen molar-refractivity contribution in [2.75, 3.05) is 31.1 Å². The maximum atomic E-state index is 13.8. The lowest BCUT2D eigenvalue weighted by molar-refractivity contribution is 0.380. The molecule has 2 heterocycles. The van der Waals surface area contributed by atoms with Gasteiger partial charge in [0.25, 0.3) is 0 Å². The number of anilines is 1. The first-order valence-electron chi connectivity index (χ1n) is 7.38. The number of aryl methyl sites for hydroxylation is 1. The molecular formula is C15H16F2N4O2S. The van der Waals surface area contributed by atoms with Gasteiger partial charge >= 0.3 is 0 Å². The standard InChI is InChI=1S/C15H16F2N4O2S/c1-11-2-5-15(19-18-11)20-6-8-21(9-7-20)24(22,23)14-4-3-12(16)10-13(14)17/h2-5,10H,6-9H2,1H3. The molecule has 1 aliphatic heterocycles. The third-order valence-corrected chi connectivity index (χ3v) is 5.79. The molecule has 0 atom stereocenters. The molecule has 0 radical (unpaired) electrons. The molecule has 0 aliphatic carbocycles. The van der Waals surface area contributed by atoms with Crippen molar-refractivity contribution in [3.8, 4) is 0 Å². The number of hydrogen-bond donors (Lipinski definition) is 0. The topological polar surface area (TPSA) is 66.4 Å². The SMILES string of the molecule is Cc1ccc(N2CCN(S(=O)(=O)c3ccc(F)cc3F)CC2)nn1. The van der Waals surface area contributed by atoms with E-state index < -0.39 is 26.6 Å². The predicted molar refractivity (Wildman–Crippen MR) is 84.1 cm³/mol. The average Bonchev–Trinajstić information content (AvgIpc) is 2.55. The number of aromatic nitrogens is 2. The summed E-state index contributed by atoms with van der Waals surface area (Å²) in [7, 11) is -3.99. The summed E-state index contributed by atoms with van der Waals surface area (Å²) < 4.78 is 53.0. The van der Waals surface area contributed by atoms with E-state index in [2.05, 4.69) is 10.2 Å². The Morgan fingerprint density at radius 1 is 1.00 bits per heavy atom. The molecule has 2 aromatic rings. The van der Waals surface area contributed by atoms with Crippen LogP contribution in [-0.4, -0.2) is 49.1 Å². The molecule has 24 heavy (non-hydrogen) atoms. The van der Waals surface area contributed by atoms with E-state index in [0.717, 1.165) is 17.8 Å². The minimum absolute atomic E-state index is 0.189. The van der Waals surface area contributed by atoms with Crippen molar-refractivity contribution in [1.29, 1.82) is 0 Å². The lowest BCUT2D eigenvalue weighted by Gasteiger charge is -2.34. The zero-order chi connectivity index (χ0) is 17.3. The molecule has 0 unspecified atom stereocenters. The summed E-state index contributed by atoms with van der Waals surface area (Å²) >= 11 is 0. The van der Waals surface area contributed by atoms with Crippen molar-refractivity contribution in [3.05, 3.63) is 47.7 Å². The fourth-order valence-electron chi connectivity index (χ4n) is 2.54. The minimum Gasteiger partial charge on any atom is -0.352 e. The van der Waals surface area contributed by atoms with Gasteiger partial charge < -0.3 is 4.90 Å². The molecule has 0 bridgehead atoms. The maximum Gasteiger partial charge on any atom is 0.246 e. The van der Waals surface area contributed by atoms with Crippen LogP contribution in [0.5, 0.6) is 0 Å². The Morgan fingerprint density at radius 3 is 2.29 bits per heavy atom. The van der Waals surface area contributed by atoms with Gasteiger partial charge in [0.05, 0.1) is 5.69 Å². The molecule has 0 amide bonds. The highest BCUT2D eigenvalue weighted by Gasteiger charge is 2.31. The van der Waals surface area contributed by atoms with Gasteiger partial charge in [-0.05, 0) is 31.2 Å². The molecular weight excluding hydrogens is 338 g/mol. The smallest absolute Gasteiger partial charge is 0.246 e. The van der Waals surface area contributed by atoms with Crippen molar-refractivity contribution in [2.45, 2.75) is 11.8 Å². The molecule has 1 fully saturated rings. The molecule has 3 rings (SSSR count). The average molecular weight is 354 g/mol. The van der Waals surface area contributed by atoms with Gasteiger partial charge in [-0.2, -0.15) is 9.40 Å². The van der Waals surface area contributed by atoms with E-state index in [-0.39, 0.29) is 13.1 Å². The van der Waals surface area contributed by atoms with Crippen LogP contribution < -0.4 is 4.90 Å². The monoisotopic (exact) mass is 354 g/mol. The first-order valence-corrected chi connectivity index (χ1v) is 8.82. The number of benzene rings is 1. The van der Waals surface area contributed by atoms with Gasteiger partial charge in [-0.25, -0.2) is 17.2 Å². The fourth-order valence-corrected chi connectivity index (χ4v) is 4.01. The highest BCUT2D eigenvalue weighted by molar-refractivity contribution is 7.89. The molecule has 0 saturated carbocycles. The third-order valence-electron chi connectivity index (χ3n) is 3.86. The van der Waals surface area contributed by atoms with Crippen LogP contribution in [-0.2, 0) is 10.0 Å². The second kappa shape index (κ2) is 6.40. The van der Waals surface area contributed by atoms with E-state index in [1.165, 1.54) is 4.31 Å².